The molecule has 0 unspecified atom stereocenters. The Labute approximate surface area is 118 Å². The highest BCUT2D eigenvalue weighted by molar-refractivity contribution is 8.68. The zero-order valence-corrected chi connectivity index (χ0v) is 12.6. The molecule has 0 bridgehead atoms. The third kappa shape index (κ3) is 3.09. The highest BCUT2D eigenvalue weighted by Crippen LogP contribution is 2.27. The molecule has 3 heteroatoms. The number of nitrogens with zero attached hydrogens (tertiary/aromatic N) is 1. The molecule has 94 valence electrons. The van der Waals surface area contributed by atoms with Gasteiger partial charge in [0.15, 0.2) is 0 Å². The third-order valence-corrected chi connectivity index (χ3v) is 3.84. The van der Waals surface area contributed by atoms with Crippen LogP contribution in [0.4, 0.5) is 0 Å². The van der Waals surface area contributed by atoms with Crippen molar-refractivity contribution in [2.75, 3.05) is 0 Å². The predicted molar refractivity (Wildman–Crippen MR) is 83.2 cm³/mol. The molecular formula is C15H17NS2. The number of benzene rings is 1. The van der Waals surface area contributed by atoms with Crippen molar-refractivity contribution >= 4 is 22.5 Å². The van der Waals surface area contributed by atoms with Crippen LogP contribution in [0.3, 0.4) is 0 Å². The topological polar surface area (TPSA) is 12.9 Å². The Morgan fingerprint density at radius 2 is 1.67 bits per heavy atom. The molecule has 0 spiro atoms. The van der Waals surface area contributed by atoms with E-state index in [4.69, 9.17) is 0 Å². The van der Waals surface area contributed by atoms with Crippen LogP contribution >= 0.6 is 22.5 Å². The minimum atomic E-state index is 0.189. The van der Waals surface area contributed by atoms with Crippen molar-refractivity contribution in [2.24, 2.45) is 0 Å². The summed E-state index contributed by atoms with van der Waals surface area (Å²) in [7, 11) is 1.37. The van der Waals surface area contributed by atoms with Gasteiger partial charge in [0, 0.05) is 5.56 Å². The molecule has 1 aromatic heterocycles. The van der Waals surface area contributed by atoms with E-state index < -0.39 is 0 Å². The van der Waals surface area contributed by atoms with Crippen LogP contribution in [0.1, 0.15) is 26.3 Å². The van der Waals surface area contributed by atoms with Crippen molar-refractivity contribution in [1.29, 1.82) is 0 Å². The molecule has 0 atom stereocenters. The average Bonchev–Trinajstić information content (AvgIpc) is 2.38. The number of thiol groups is 1. The van der Waals surface area contributed by atoms with Gasteiger partial charge in [-0.15, -0.1) is 11.7 Å². The zero-order valence-electron chi connectivity index (χ0n) is 10.8. The van der Waals surface area contributed by atoms with Gasteiger partial charge in [0.25, 0.3) is 0 Å². The van der Waals surface area contributed by atoms with E-state index in [0.29, 0.717) is 0 Å². The molecule has 2 rings (SSSR count). The maximum atomic E-state index is 4.54. The summed E-state index contributed by atoms with van der Waals surface area (Å²) < 4.78 is 0. The van der Waals surface area contributed by atoms with Gasteiger partial charge in [0.1, 0.15) is 5.03 Å². The van der Waals surface area contributed by atoms with Crippen LogP contribution in [0.5, 0.6) is 0 Å². The Hall–Kier alpha value is -0.930. The van der Waals surface area contributed by atoms with Crippen LogP contribution in [-0.4, -0.2) is 4.98 Å². The molecule has 0 radical (unpaired) electrons. The molecule has 0 saturated carbocycles. The Morgan fingerprint density at radius 1 is 1.00 bits per heavy atom. The van der Waals surface area contributed by atoms with Crippen molar-refractivity contribution in [3.8, 4) is 11.3 Å². The van der Waals surface area contributed by atoms with E-state index in [1.54, 1.807) is 0 Å². The van der Waals surface area contributed by atoms with Crippen LogP contribution in [-0.2, 0) is 5.41 Å². The van der Waals surface area contributed by atoms with E-state index >= 15 is 0 Å². The second-order valence-corrected chi connectivity index (χ2v) is 6.43. The summed E-state index contributed by atoms with van der Waals surface area (Å²) in [5.74, 6) is 0. The fourth-order valence-electron chi connectivity index (χ4n) is 1.77. The molecule has 0 fully saturated rings. The van der Waals surface area contributed by atoms with Gasteiger partial charge in [-0.1, -0.05) is 51.1 Å². The highest BCUT2D eigenvalue weighted by atomic mass is 33.1. The summed E-state index contributed by atoms with van der Waals surface area (Å²) in [6.45, 7) is 6.66. The number of aromatic nitrogens is 1. The highest BCUT2D eigenvalue weighted by Gasteiger charge is 2.13. The molecule has 2 aromatic rings. The molecule has 1 aromatic carbocycles. The minimum Gasteiger partial charge on any atom is -0.241 e. The van der Waals surface area contributed by atoms with Gasteiger partial charge < -0.3 is 0 Å². The summed E-state index contributed by atoms with van der Waals surface area (Å²) in [6.07, 6.45) is 0. The van der Waals surface area contributed by atoms with E-state index in [9.17, 15) is 0 Å². The van der Waals surface area contributed by atoms with Gasteiger partial charge in [0.2, 0.25) is 0 Å². The summed E-state index contributed by atoms with van der Waals surface area (Å²) in [5, 5.41) is 0.927. The molecule has 0 amide bonds. The van der Waals surface area contributed by atoms with Gasteiger partial charge in [-0.25, -0.2) is 4.98 Å². The zero-order chi connectivity index (χ0) is 13.2. The molecule has 1 heterocycles. The SMILES string of the molecule is CC(C)(C)c1ccc(-c2cccc(SS)n2)cc1. The first-order chi connectivity index (χ1) is 8.50. The first-order valence-electron chi connectivity index (χ1n) is 5.90. The smallest absolute Gasteiger partial charge is 0.107 e. The van der Waals surface area contributed by atoms with E-state index in [1.807, 2.05) is 18.2 Å². The fraction of sp³-hybridized carbons (Fsp3) is 0.267. The van der Waals surface area contributed by atoms with E-state index in [-0.39, 0.29) is 5.41 Å². The van der Waals surface area contributed by atoms with Crippen molar-refractivity contribution in [2.45, 2.75) is 31.2 Å². The van der Waals surface area contributed by atoms with E-state index in [2.05, 4.69) is 61.7 Å². The summed E-state index contributed by atoms with van der Waals surface area (Å²) in [5.41, 5.74) is 3.67. The first-order valence-corrected chi connectivity index (χ1v) is 7.77. The minimum absolute atomic E-state index is 0.189. The Morgan fingerprint density at radius 3 is 2.22 bits per heavy atom. The van der Waals surface area contributed by atoms with Crippen LogP contribution in [0, 0.1) is 0 Å². The lowest BCUT2D eigenvalue weighted by Crippen LogP contribution is -2.10. The van der Waals surface area contributed by atoms with Crippen LogP contribution < -0.4 is 0 Å². The molecule has 0 aliphatic rings. The van der Waals surface area contributed by atoms with Gasteiger partial charge in [-0.3, -0.25) is 0 Å². The van der Waals surface area contributed by atoms with Crippen molar-refractivity contribution < 1.29 is 0 Å². The van der Waals surface area contributed by atoms with Crippen LogP contribution in [0.2, 0.25) is 0 Å². The van der Waals surface area contributed by atoms with E-state index in [1.165, 1.54) is 16.4 Å². The Kier molecular flexibility index (Phi) is 4.03. The number of pyridine rings is 1. The maximum absolute atomic E-state index is 4.54. The Bertz CT molecular complexity index is 527. The molecule has 0 N–H and O–H groups in total. The second kappa shape index (κ2) is 5.37. The number of rotatable bonds is 2. The predicted octanol–water partition coefficient (Wildman–Crippen LogP) is 4.98. The third-order valence-electron chi connectivity index (χ3n) is 2.86. The monoisotopic (exact) mass is 275 g/mol. The molecule has 0 saturated heterocycles. The number of hydrogen-bond acceptors (Lipinski definition) is 3. The van der Waals surface area contributed by atoms with Gasteiger partial charge in [-0.05, 0) is 33.9 Å². The molecular weight excluding hydrogens is 258 g/mol. The Balaban J connectivity index is 2.34. The lowest BCUT2D eigenvalue weighted by Gasteiger charge is -2.19. The first kappa shape index (κ1) is 13.5. The van der Waals surface area contributed by atoms with Gasteiger partial charge in [-0.2, -0.15) is 0 Å². The van der Waals surface area contributed by atoms with E-state index in [0.717, 1.165) is 16.3 Å². The molecule has 18 heavy (non-hydrogen) atoms. The van der Waals surface area contributed by atoms with Crippen molar-refractivity contribution in [3.05, 3.63) is 48.0 Å². The largest absolute Gasteiger partial charge is 0.241 e. The quantitative estimate of drug-likeness (QED) is 0.613. The standard InChI is InChI=1S/C15H17NS2/c1-15(2,3)12-9-7-11(8-10-12)13-5-4-6-14(16-13)18-17/h4-10,17H,1-3H3. The van der Waals surface area contributed by atoms with Crippen molar-refractivity contribution in [1.82, 2.24) is 4.98 Å². The summed E-state index contributed by atoms with van der Waals surface area (Å²) in [6, 6.07) is 14.6. The summed E-state index contributed by atoms with van der Waals surface area (Å²) in [4.78, 5) is 4.54. The fourth-order valence-corrected chi connectivity index (χ4v) is 2.35. The number of hydrogen-bond donors (Lipinski definition) is 1. The molecule has 0 aliphatic heterocycles. The van der Waals surface area contributed by atoms with Crippen LogP contribution in [0.25, 0.3) is 11.3 Å². The average molecular weight is 275 g/mol. The van der Waals surface area contributed by atoms with Gasteiger partial charge >= 0.3 is 0 Å². The lowest BCUT2D eigenvalue weighted by molar-refractivity contribution is 0.590. The lowest BCUT2D eigenvalue weighted by atomic mass is 9.86. The maximum Gasteiger partial charge on any atom is 0.107 e. The summed E-state index contributed by atoms with van der Waals surface area (Å²) >= 11 is 4.18. The second-order valence-electron chi connectivity index (χ2n) is 5.28. The van der Waals surface area contributed by atoms with Crippen molar-refractivity contribution in [3.63, 3.8) is 0 Å². The van der Waals surface area contributed by atoms with Crippen LogP contribution in [0.15, 0.2) is 47.5 Å². The molecule has 0 aliphatic carbocycles. The normalized spacial score (nSPS) is 11.6. The molecule has 1 nitrogen and oxygen atoms in total. The van der Waals surface area contributed by atoms with Gasteiger partial charge in [0.05, 0.1) is 5.69 Å².